The standard InChI is InChI=1S/C7H10O4/c1-4(8)7(11)3-2-5(9)6(7)10/h2-4,6,8,10-11H,1H3/t4-,6-,7-/m1/s1. The minimum absolute atomic E-state index is 0.576. The first-order valence-corrected chi connectivity index (χ1v) is 3.30. The maximum Gasteiger partial charge on any atom is 0.187 e. The second kappa shape index (κ2) is 2.41. The third-order valence-electron chi connectivity index (χ3n) is 1.89. The topological polar surface area (TPSA) is 77.8 Å². The summed E-state index contributed by atoms with van der Waals surface area (Å²) in [5.74, 6) is -0.576. The smallest absolute Gasteiger partial charge is 0.187 e. The van der Waals surface area contributed by atoms with Gasteiger partial charge in [0.1, 0.15) is 5.60 Å². The van der Waals surface area contributed by atoms with Crippen LogP contribution >= 0.6 is 0 Å². The van der Waals surface area contributed by atoms with Gasteiger partial charge >= 0.3 is 0 Å². The molecule has 0 saturated heterocycles. The number of hydrogen-bond donors (Lipinski definition) is 3. The SMILES string of the molecule is C[C@@H](O)[C@]1(O)C=CC(=O)[C@H]1O. The Bertz CT molecular complexity index is 208. The average Bonchev–Trinajstić information content (AvgIpc) is 2.18. The van der Waals surface area contributed by atoms with Gasteiger partial charge in [-0.15, -0.1) is 0 Å². The van der Waals surface area contributed by atoms with Crippen LogP contribution in [0.15, 0.2) is 12.2 Å². The number of ketones is 1. The summed E-state index contributed by atoms with van der Waals surface area (Å²) >= 11 is 0. The summed E-state index contributed by atoms with van der Waals surface area (Å²) in [5, 5.41) is 27.5. The minimum atomic E-state index is -1.79. The molecule has 0 bridgehead atoms. The van der Waals surface area contributed by atoms with E-state index in [1.54, 1.807) is 0 Å². The Labute approximate surface area is 63.8 Å². The van der Waals surface area contributed by atoms with E-state index in [9.17, 15) is 9.90 Å². The second-order valence-corrected chi connectivity index (χ2v) is 2.70. The van der Waals surface area contributed by atoms with Gasteiger partial charge in [-0.2, -0.15) is 0 Å². The first kappa shape index (κ1) is 8.39. The van der Waals surface area contributed by atoms with E-state index < -0.39 is 23.6 Å². The molecular weight excluding hydrogens is 148 g/mol. The van der Waals surface area contributed by atoms with Gasteiger partial charge in [-0.05, 0) is 19.1 Å². The first-order chi connectivity index (χ1) is 4.98. The molecule has 1 rings (SSSR count). The Balaban J connectivity index is 2.90. The number of hydrogen-bond acceptors (Lipinski definition) is 4. The van der Waals surface area contributed by atoms with E-state index in [1.165, 1.54) is 6.92 Å². The van der Waals surface area contributed by atoms with E-state index in [-0.39, 0.29) is 0 Å². The molecule has 3 atom stereocenters. The van der Waals surface area contributed by atoms with Crippen LogP contribution in [0.3, 0.4) is 0 Å². The third-order valence-corrected chi connectivity index (χ3v) is 1.89. The van der Waals surface area contributed by atoms with Gasteiger partial charge in [0.2, 0.25) is 0 Å². The van der Waals surface area contributed by atoms with Crippen LogP contribution in [0.2, 0.25) is 0 Å². The highest BCUT2D eigenvalue weighted by molar-refractivity contribution is 5.97. The summed E-state index contributed by atoms with van der Waals surface area (Å²) in [5.41, 5.74) is -1.79. The van der Waals surface area contributed by atoms with Gasteiger partial charge in [0, 0.05) is 0 Å². The number of rotatable bonds is 1. The van der Waals surface area contributed by atoms with Crippen molar-refractivity contribution in [2.75, 3.05) is 0 Å². The number of carbonyl (C=O) groups is 1. The van der Waals surface area contributed by atoms with Crippen molar-refractivity contribution >= 4 is 5.78 Å². The van der Waals surface area contributed by atoms with E-state index in [2.05, 4.69) is 0 Å². The van der Waals surface area contributed by atoms with E-state index in [0.717, 1.165) is 12.2 Å². The van der Waals surface area contributed by atoms with Gasteiger partial charge in [-0.1, -0.05) is 0 Å². The van der Waals surface area contributed by atoms with Crippen LogP contribution in [0, 0.1) is 0 Å². The minimum Gasteiger partial charge on any atom is -0.390 e. The second-order valence-electron chi connectivity index (χ2n) is 2.70. The summed E-state index contributed by atoms with van der Waals surface area (Å²) in [6, 6.07) is 0. The monoisotopic (exact) mass is 158 g/mol. The fraction of sp³-hybridized carbons (Fsp3) is 0.571. The summed E-state index contributed by atoms with van der Waals surface area (Å²) in [4.78, 5) is 10.7. The lowest BCUT2D eigenvalue weighted by Gasteiger charge is -2.26. The molecule has 62 valence electrons. The summed E-state index contributed by atoms with van der Waals surface area (Å²) in [6.07, 6.45) is -0.495. The molecule has 1 aliphatic carbocycles. The van der Waals surface area contributed by atoms with Gasteiger partial charge in [0.15, 0.2) is 11.9 Å². The van der Waals surface area contributed by atoms with Crippen LogP contribution < -0.4 is 0 Å². The molecule has 0 saturated carbocycles. The van der Waals surface area contributed by atoms with Crippen molar-refractivity contribution in [3.8, 4) is 0 Å². The number of aliphatic hydroxyl groups is 3. The highest BCUT2D eigenvalue weighted by Gasteiger charge is 2.45. The number of aliphatic hydroxyl groups excluding tert-OH is 2. The van der Waals surface area contributed by atoms with Crippen molar-refractivity contribution < 1.29 is 20.1 Å². The summed E-state index contributed by atoms with van der Waals surface area (Å²) in [6.45, 7) is 1.31. The van der Waals surface area contributed by atoms with Gasteiger partial charge < -0.3 is 15.3 Å². The molecule has 11 heavy (non-hydrogen) atoms. The molecule has 3 N–H and O–H groups in total. The predicted octanol–water partition coefficient (Wildman–Crippen LogP) is -1.40. The van der Waals surface area contributed by atoms with Crippen molar-refractivity contribution in [3.63, 3.8) is 0 Å². The van der Waals surface area contributed by atoms with Crippen LogP contribution in [0.1, 0.15) is 6.92 Å². The van der Waals surface area contributed by atoms with Gasteiger partial charge in [-0.3, -0.25) is 4.79 Å². The molecular formula is C7H10O4. The largest absolute Gasteiger partial charge is 0.390 e. The van der Waals surface area contributed by atoms with E-state index in [1.807, 2.05) is 0 Å². The molecule has 0 aromatic rings. The van der Waals surface area contributed by atoms with Crippen molar-refractivity contribution in [1.82, 2.24) is 0 Å². The van der Waals surface area contributed by atoms with Crippen LogP contribution in [0.5, 0.6) is 0 Å². The normalized spacial score (nSPS) is 39.6. The van der Waals surface area contributed by atoms with Crippen molar-refractivity contribution in [2.45, 2.75) is 24.7 Å². The third kappa shape index (κ3) is 1.09. The molecule has 0 radical (unpaired) electrons. The quantitative estimate of drug-likeness (QED) is 0.438. The molecule has 4 heteroatoms. The van der Waals surface area contributed by atoms with Crippen LogP contribution in [-0.4, -0.2) is 38.9 Å². The zero-order chi connectivity index (χ0) is 8.65. The fourth-order valence-corrected chi connectivity index (χ4v) is 0.994. The fourth-order valence-electron chi connectivity index (χ4n) is 0.994. The van der Waals surface area contributed by atoms with Crippen LogP contribution in [0.4, 0.5) is 0 Å². The Morgan fingerprint density at radius 2 is 2.27 bits per heavy atom. The van der Waals surface area contributed by atoms with Gasteiger partial charge in [0.05, 0.1) is 6.10 Å². The van der Waals surface area contributed by atoms with Gasteiger partial charge in [0.25, 0.3) is 0 Å². The van der Waals surface area contributed by atoms with E-state index in [0.29, 0.717) is 0 Å². The molecule has 0 unspecified atom stereocenters. The van der Waals surface area contributed by atoms with E-state index in [4.69, 9.17) is 10.2 Å². The molecule has 1 aliphatic rings. The van der Waals surface area contributed by atoms with Crippen molar-refractivity contribution in [1.29, 1.82) is 0 Å². The zero-order valence-corrected chi connectivity index (χ0v) is 6.06. The summed E-state index contributed by atoms with van der Waals surface area (Å²) in [7, 11) is 0. The number of carbonyl (C=O) groups excluding carboxylic acids is 1. The Kier molecular flexibility index (Phi) is 1.83. The Morgan fingerprint density at radius 3 is 2.45 bits per heavy atom. The first-order valence-electron chi connectivity index (χ1n) is 3.30. The molecule has 0 aliphatic heterocycles. The van der Waals surface area contributed by atoms with Gasteiger partial charge in [-0.25, -0.2) is 0 Å². The Morgan fingerprint density at radius 1 is 1.73 bits per heavy atom. The van der Waals surface area contributed by atoms with Crippen LogP contribution in [0.25, 0.3) is 0 Å². The maximum absolute atomic E-state index is 10.7. The lowest BCUT2D eigenvalue weighted by atomic mass is 9.94. The molecule has 0 heterocycles. The maximum atomic E-state index is 10.7. The molecule has 0 spiro atoms. The van der Waals surface area contributed by atoms with Crippen LogP contribution in [-0.2, 0) is 4.79 Å². The zero-order valence-electron chi connectivity index (χ0n) is 6.06. The van der Waals surface area contributed by atoms with E-state index >= 15 is 0 Å². The highest BCUT2D eigenvalue weighted by Crippen LogP contribution is 2.24. The molecule has 0 fully saturated rings. The average molecular weight is 158 g/mol. The highest BCUT2D eigenvalue weighted by atomic mass is 16.4. The lowest BCUT2D eigenvalue weighted by Crippen LogP contribution is -2.49. The molecule has 0 aromatic carbocycles. The van der Waals surface area contributed by atoms with Crippen molar-refractivity contribution in [2.24, 2.45) is 0 Å². The molecule has 0 aromatic heterocycles. The summed E-state index contributed by atoms with van der Waals surface area (Å²) < 4.78 is 0. The lowest BCUT2D eigenvalue weighted by molar-refractivity contribution is -0.140. The molecule has 4 nitrogen and oxygen atoms in total. The Hall–Kier alpha value is -0.710. The predicted molar refractivity (Wildman–Crippen MR) is 36.8 cm³/mol. The molecule has 0 amide bonds. The van der Waals surface area contributed by atoms with Crippen molar-refractivity contribution in [3.05, 3.63) is 12.2 Å².